The SMILES string of the molecule is CS(=O)(=O)Nc1[c]cccc1-c1cncc(CO)c1. The van der Waals surface area contributed by atoms with Crippen LogP contribution in [0.25, 0.3) is 11.1 Å². The molecule has 0 spiro atoms. The largest absolute Gasteiger partial charge is 0.392 e. The van der Waals surface area contributed by atoms with E-state index < -0.39 is 10.0 Å². The Balaban J connectivity index is 2.49. The topological polar surface area (TPSA) is 79.3 Å². The first-order valence-electron chi connectivity index (χ1n) is 5.53. The van der Waals surface area contributed by atoms with E-state index in [0.29, 0.717) is 16.8 Å². The minimum Gasteiger partial charge on any atom is -0.392 e. The van der Waals surface area contributed by atoms with Crippen molar-refractivity contribution in [2.45, 2.75) is 6.61 Å². The van der Waals surface area contributed by atoms with Crippen molar-refractivity contribution in [3.63, 3.8) is 0 Å². The van der Waals surface area contributed by atoms with Gasteiger partial charge in [-0.3, -0.25) is 9.71 Å². The zero-order valence-electron chi connectivity index (χ0n) is 10.3. The molecule has 1 heterocycles. The van der Waals surface area contributed by atoms with Gasteiger partial charge in [-0.2, -0.15) is 0 Å². The molecule has 1 radical (unpaired) electrons. The van der Waals surface area contributed by atoms with Gasteiger partial charge in [0.25, 0.3) is 0 Å². The third-order valence-electron chi connectivity index (χ3n) is 2.43. The maximum atomic E-state index is 11.3. The summed E-state index contributed by atoms with van der Waals surface area (Å²) in [6, 6.07) is 9.75. The van der Waals surface area contributed by atoms with E-state index in [2.05, 4.69) is 15.8 Å². The van der Waals surface area contributed by atoms with Crippen molar-refractivity contribution in [2.24, 2.45) is 0 Å². The molecule has 0 bridgehead atoms. The number of rotatable bonds is 4. The number of aliphatic hydroxyl groups is 1. The number of nitrogens with zero attached hydrogens (tertiary/aromatic N) is 1. The van der Waals surface area contributed by atoms with Gasteiger partial charge in [0.2, 0.25) is 10.0 Å². The number of benzene rings is 1. The summed E-state index contributed by atoms with van der Waals surface area (Å²) in [5.41, 5.74) is 2.40. The smallest absolute Gasteiger partial charge is 0.229 e. The second-order valence-corrected chi connectivity index (χ2v) is 5.82. The fourth-order valence-electron chi connectivity index (χ4n) is 1.67. The molecule has 0 saturated carbocycles. The van der Waals surface area contributed by atoms with Crippen LogP contribution in [0.5, 0.6) is 0 Å². The average molecular weight is 277 g/mol. The van der Waals surface area contributed by atoms with Gasteiger partial charge in [-0.15, -0.1) is 0 Å². The van der Waals surface area contributed by atoms with Gasteiger partial charge < -0.3 is 5.11 Å². The van der Waals surface area contributed by atoms with E-state index in [0.717, 1.165) is 11.8 Å². The normalized spacial score (nSPS) is 11.3. The standard InChI is InChI=1S/C13H13N2O3S/c1-19(17,18)15-13-5-3-2-4-12(13)11-6-10(9-16)7-14-8-11/h2-4,6-8,15-16H,9H2,1H3. The molecule has 0 unspecified atom stereocenters. The molecular weight excluding hydrogens is 264 g/mol. The highest BCUT2D eigenvalue weighted by Gasteiger charge is 2.09. The lowest BCUT2D eigenvalue weighted by Crippen LogP contribution is -2.10. The van der Waals surface area contributed by atoms with Crippen molar-refractivity contribution >= 4 is 15.7 Å². The third-order valence-corrected chi connectivity index (χ3v) is 3.01. The molecule has 5 nitrogen and oxygen atoms in total. The van der Waals surface area contributed by atoms with Gasteiger partial charge in [-0.1, -0.05) is 18.2 Å². The Bertz CT molecular complexity index is 684. The second-order valence-electron chi connectivity index (χ2n) is 4.07. The fourth-order valence-corrected chi connectivity index (χ4v) is 2.21. The van der Waals surface area contributed by atoms with Crippen LogP contribution in [0, 0.1) is 6.07 Å². The molecule has 0 saturated heterocycles. The predicted octanol–water partition coefficient (Wildman–Crippen LogP) is 1.41. The molecule has 99 valence electrons. The lowest BCUT2D eigenvalue weighted by Gasteiger charge is -2.10. The summed E-state index contributed by atoms with van der Waals surface area (Å²) in [6.07, 6.45) is 4.25. The van der Waals surface area contributed by atoms with E-state index in [9.17, 15) is 8.42 Å². The summed E-state index contributed by atoms with van der Waals surface area (Å²) in [5, 5.41) is 9.11. The van der Waals surface area contributed by atoms with Gasteiger partial charge in [0.1, 0.15) is 0 Å². The van der Waals surface area contributed by atoms with Crippen molar-refractivity contribution in [1.29, 1.82) is 0 Å². The van der Waals surface area contributed by atoms with Crippen LogP contribution < -0.4 is 4.72 Å². The summed E-state index contributed by atoms with van der Waals surface area (Å²) in [5.74, 6) is 0. The number of pyridine rings is 1. The van der Waals surface area contributed by atoms with Gasteiger partial charge in [0, 0.05) is 29.6 Å². The van der Waals surface area contributed by atoms with Crippen LogP contribution in [-0.2, 0) is 16.6 Å². The highest BCUT2D eigenvalue weighted by molar-refractivity contribution is 7.92. The Hall–Kier alpha value is -1.92. The molecule has 2 rings (SSSR count). The van der Waals surface area contributed by atoms with Crippen molar-refractivity contribution in [1.82, 2.24) is 4.98 Å². The molecule has 19 heavy (non-hydrogen) atoms. The van der Waals surface area contributed by atoms with E-state index >= 15 is 0 Å². The quantitative estimate of drug-likeness (QED) is 0.885. The Morgan fingerprint density at radius 3 is 2.89 bits per heavy atom. The molecule has 0 aliphatic rings. The average Bonchev–Trinajstić information content (AvgIpc) is 2.37. The molecule has 2 N–H and O–H groups in total. The van der Waals surface area contributed by atoms with E-state index in [1.54, 1.807) is 36.7 Å². The Morgan fingerprint density at radius 2 is 2.21 bits per heavy atom. The monoisotopic (exact) mass is 277 g/mol. The third kappa shape index (κ3) is 3.52. The fraction of sp³-hybridized carbons (Fsp3) is 0.154. The first-order valence-corrected chi connectivity index (χ1v) is 7.42. The van der Waals surface area contributed by atoms with Crippen LogP contribution in [0.2, 0.25) is 0 Å². The van der Waals surface area contributed by atoms with Crippen molar-refractivity contribution in [2.75, 3.05) is 11.0 Å². The van der Waals surface area contributed by atoms with Crippen LogP contribution in [0.3, 0.4) is 0 Å². The molecule has 0 fully saturated rings. The van der Waals surface area contributed by atoms with Crippen LogP contribution in [0.4, 0.5) is 5.69 Å². The number of aliphatic hydroxyl groups excluding tert-OH is 1. The van der Waals surface area contributed by atoms with Crippen molar-refractivity contribution in [3.05, 3.63) is 48.3 Å². The van der Waals surface area contributed by atoms with Gasteiger partial charge in [0.15, 0.2) is 0 Å². The number of para-hydroxylation sites is 1. The molecule has 2 aromatic rings. The Labute approximate surface area is 112 Å². The molecule has 1 aromatic carbocycles. The maximum Gasteiger partial charge on any atom is 0.229 e. The summed E-state index contributed by atoms with van der Waals surface area (Å²) >= 11 is 0. The van der Waals surface area contributed by atoms with E-state index in [4.69, 9.17) is 5.11 Å². The molecule has 0 aliphatic carbocycles. The van der Waals surface area contributed by atoms with Crippen LogP contribution in [0.1, 0.15) is 5.56 Å². The molecular formula is C13H13N2O3S. The maximum absolute atomic E-state index is 11.3. The summed E-state index contributed by atoms with van der Waals surface area (Å²) < 4.78 is 25.1. The first-order chi connectivity index (χ1) is 8.99. The van der Waals surface area contributed by atoms with E-state index in [-0.39, 0.29) is 6.61 Å². The number of hydrogen-bond donors (Lipinski definition) is 2. The summed E-state index contributed by atoms with van der Waals surface area (Å²) in [7, 11) is -3.37. The Kier molecular flexibility index (Phi) is 3.82. The zero-order valence-corrected chi connectivity index (χ0v) is 11.1. The van der Waals surface area contributed by atoms with Gasteiger partial charge >= 0.3 is 0 Å². The Morgan fingerprint density at radius 1 is 1.42 bits per heavy atom. The number of sulfonamides is 1. The summed E-state index contributed by atoms with van der Waals surface area (Å²) in [4.78, 5) is 4.02. The minimum atomic E-state index is -3.37. The number of hydrogen-bond acceptors (Lipinski definition) is 4. The molecule has 0 aliphatic heterocycles. The number of nitrogens with one attached hydrogen (secondary N) is 1. The highest BCUT2D eigenvalue weighted by atomic mass is 32.2. The van der Waals surface area contributed by atoms with E-state index in [1.807, 2.05) is 0 Å². The van der Waals surface area contributed by atoms with Crippen molar-refractivity contribution < 1.29 is 13.5 Å². The molecule has 6 heteroatoms. The predicted molar refractivity (Wildman–Crippen MR) is 72.9 cm³/mol. The van der Waals surface area contributed by atoms with E-state index in [1.165, 1.54) is 0 Å². The van der Waals surface area contributed by atoms with Crippen LogP contribution in [-0.4, -0.2) is 24.8 Å². The highest BCUT2D eigenvalue weighted by Crippen LogP contribution is 2.27. The van der Waals surface area contributed by atoms with Gasteiger partial charge in [-0.05, 0) is 11.6 Å². The molecule has 0 atom stereocenters. The summed E-state index contributed by atoms with van der Waals surface area (Å²) in [6.45, 7) is -0.119. The van der Waals surface area contributed by atoms with Gasteiger partial charge in [0.05, 0.1) is 18.6 Å². The first kappa shape index (κ1) is 13.5. The minimum absolute atomic E-state index is 0.119. The lowest BCUT2D eigenvalue weighted by molar-refractivity contribution is 0.281. The molecule has 1 aromatic heterocycles. The molecule has 0 amide bonds. The zero-order chi connectivity index (χ0) is 13.9. The number of anilines is 1. The van der Waals surface area contributed by atoms with Crippen molar-refractivity contribution in [3.8, 4) is 11.1 Å². The van der Waals surface area contributed by atoms with Crippen LogP contribution >= 0.6 is 0 Å². The van der Waals surface area contributed by atoms with Crippen LogP contribution in [0.15, 0.2) is 36.7 Å². The van der Waals surface area contributed by atoms with Gasteiger partial charge in [-0.25, -0.2) is 8.42 Å². The second kappa shape index (κ2) is 5.38. The lowest BCUT2D eigenvalue weighted by atomic mass is 10.0. The number of aromatic nitrogens is 1.